The van der Waals surface area contributed by atoms with Crippen molar-refractivity contribution < 1.29 is 63.9 Å². The summed E-state index contributed by atoms with van der Waals surface area (Å²) in [6.07, 6.45) is 11.8. The molecule has 5 unspecified atom stereocenters. The van der Waals surface area contributed by atoms with Crippen LogP contribution in [-0.4, -0.2) is 117 Å². The minimum Gasteiger partial charge on any atom is -0.463 e. The van der Waals surface area contributed by atoms with Crippen molar-refractivity contribution >= 4 is 11.9 Å². The summed E-state index contributed by atoms with van der Waals surface area (Å²) in [6, 6.07) is 0. The number of aliphatic hydroxyl groups is 6. The van der Waals surface area contributed by atoms with Gasteiger partial charge in [-0.1, -0.05) is 169 Å². The highest BCUT2D eigenvalue weighted by molar-refractivity contribution is 5.70. The maximum absolute atomic E-state index is 13.1. The number of carbonyl (C=O) groups is 2. The van der Waals surface area contributed by atoms with Crippen molar-refractivity contribution in [3.8, 4) is 0 Å². The van der Waals surface area contributed by atoms with Gasteiger partial charge in [0, 0.05) is 12.8 Å². The minimum absolute atomic E-state index is 0.101. The Labute approximate surface area is 356 Å². The second-order valence-electron chi connectivity index (χ2n) is 17.6. The smallest absolute Gasteiger partial charge is 0.306 e. The standard InChI is InChI=1S/C46H86O13/c1-5-8-11-14-17-20-23-26-33(4)29-37(47)55-31-35-39(49)41(51)43(53)45(57-35)59-46-44(54)42(52)40(50)36(58-46)32-56-38(48)30-34(27-24-21-18-15-12-9-6-2)28-25-22-19-16-13-10-7-3/h33-36,39-46,49-54H,5-32H2,1-4H3/t33?,35?,36?,39-,40-,41+,42+,43?,44?,45+,46-/m1/s1. The summed E-state index contributed by atoms with van der Waals surface area (Å²) in [5.74, 6) is -0.657. The highest BCUT2D eigenvalue weighted by Crippen LogP contribution is 2.30. The number of aliphatic hydroxyl groups excluding tert-OH is 6. The molecule has 2 aliphatic rings. The zero-order valence-electron chi connectivity index (χ0n) is 37.3. The number of unbranched alkanes of at least 4 members (excludes halogenated alkanes) is 18. The Morgan fingerprint density at radius 2 is 0.797 bits per heavy atom. The number of hydrogen-bond donors (Lipinski definition) is 6. The Hall–Kier alpha value is -1.42. The molecule has 2 heterocycles. The minimum atomic E-state index is -1.81. The predicted octanol–water partition coefficient (Wildman–Crippen LogP) is 7.16. The molecule has 13 nitrogen and oxygen atoms in total. The molecule has 2 rings (SSSR count). The van der Waals surface area contributed by atoms with Crippen LogP contribution in [-0.2, 0) is 33.3 Å². The molecule has 0 radical (unpaired) electrons. The van der Waals surface area contributed by atoms with Crippen molar-refractivity contribution in [3.05, 3.63) is 0 Å². The van der Waals surface area contributed by atoms with Gasteiger partial charge < -0.3 is 54.3 Å². The van der Waals surface area contributed by atoms with Crippen LogP contribution in [0.25, 0.3) is 0 Å². The fraction of sp³-hybridized carbons (Fsp3) is 0.957. The summed E-state index contributed by atoms with van der Waals surface area (Å²) in [5, 5.41) is 64.1. The average Bonchev–Trinajstić information content (AvgIpc) is 3.21. The van der Waals surface area contributed by atoms with E-state index in [1.54, 1.807) is 0 Å². The molecule has 2 aliphatic heterocycles. The van der Waals surface area contributed by atoms with Crippen LogP contribution in [0, 0.1) is 11.8 Å². The fourth-order valence-electron chi connectivity index (χ4n) is 8.13. The summed E-state index contributed by atoms with van der Waals surface area (Å²) in [6.45, 7) is 7.74. The lowest BCUT2D eigenvalue weighted by Crippen LogP contribution is -2.64. The SMILES string of the molecule is CCCCCCCCCC(C)CC(=O)OCC1O[C@@H](O[C@H]2OC(COC(=O)CC(CCCCCCCCC)CCCCCCCCC)[C@@H](O)[C@H](O)C2O)C(O)[C@@H](O)[C@@H]1O. The van der Waals surface area contributed by atoms with E-state index in [0.717, 1.165) is 57.8 Å². The van der Waals surface area contributed by atoms with Gasteiger partial charge in [0.25, 0.3) is 0 Å². The second-order valence-corrected chi connectivity index (χ2v) is 17.6. The van der Waals surface area contributed by atoms with Gasteiger partial charge in [0.05, 0.1) is 0 Å². The lowest BCUT2D eigenvalue weighted by molar-refractivity contribution is -0.376. The zero-order valence-corrected chi connectivity index (χ0v) is 37.3. The molecule has 11 atom stereocenters. The van der Waals surface area contributed by atoms with Gasteiger partial charge in [-0.3, -0.25) is 9.59 Å². The third kappa shape index (κ3) is 22.0. The van der Waals surface area contributed by atoms with Gasteiger partial charge in [-0.2, -0.15) is 0 Å². The first-order chi connectivity index (χ1) is 28.4. The maximum atomic E-state index is 13.1. The monoisotopic (exact) mass is 847 g/mol. The predicted molar refractivity (Wildman–Crippen MR) is 226 cm³/mol. The normalized spacial score (nSPS) is 27.8. The topological polar surface area (TPSA) is 202 Å². The lowest BCUT2D eigenvalue weighted by Gasteiger charge is -2.44. The molecule has 2 fully saturated rings. The van der Waals surface area contributed by atoms with E-state index in [4.69, 9.17) is 23.7 Å². The van der Waals surface area contributed by atoms with E-state index in [9.17, 15) is 40.2 Å². The van der Waals surface area contributed by atoms with E-state index in [-0.39, 0.29) is 24.7 Å². The van der Waals surface area contributed by atoms with Gasteiger partial charge in [-0.25, -0.2) is 0 Å². The van der Waals surface area contributed by atoms with Gasteiger partial charge >= 0.3 is 11.9 Å². The van der Waals surface area contributed by atoms with Crippen molar-refractivity contribution in [2.45, 2.75) is 256 Å². The quantitative estimate of drug-likeness (QED) is 0.0282. The number of carbonyl (C=O) groups excluding carboxylic acids is 2. The van der Waals surface area contributed by atoms with Crippen LogP contribution in [0.5, 0.6) is 0 Å². The lowest BCUT2D eigenvalue weighted by atomic mass is 9.91. The Morgan fingerprint density at radius 3 is 1.19 bits per heavy atom. The molecule has 2 saturated heterocycles. The van der Waals surface area contributed by atoms with Crippen LogP contribution < -0.4 is 0 Å². The first kappa shape index (κ1) is 53.7. The molecule has 0 bridgehead atoms. The van der Waals surface area contributed by atoms with Crippen LogP contribution in [0.2, 0.25) is 0 Å². The highest BCUT2D eigenvalue weighted by Gasteiger charge is 2.50. The summed E-state index contributed by atoms with van der Waals surface area (Å²) in [7, 11) is 0. The molecule has 348 valence electrons. The van der Waals surface area contributed by atoms with Crippen molar-refractivity contribution in [2.24, 2.45) is 11.8 Å². The van der Waals surface area contributed by atoms with Crippen LogP contribution >= 0.6 is 0 Å². The Bertz CT molecular complexity index is 1050. The van der Waals surface area contributed by atoms with Crippen LogP contribution in [0.15, 0.2) is 0 Å². The zero-order chi connectivity index (χ0) is 43.4. The first-order valence-corrected chi connectivity index (χ1v) is 23.8. The van der Waals surface area contributed by atoms with Crippen molar-refractivity contribution in [2.75, 3.05) is 13.2 Å². The summed E-state index contributed by atoms with van der Waals surface area (Å²) in [5.41, 5.74) is 0. The maximum Gasteiger partial charge on any atom is 0.306 e. The van der Waals surface area contributed by atoms with E-state index in [0.29, 0.717) is 0 Å². The second kappa shape index (κ2) is 32.3. The third-order valence-corrected chi connectivity index (χ3v) is 12.1. The van der Waals surface area contributed by atoms with Gasteiger partial charge in [-0.05, 0) is 24.7 Å². The van der Waals surface area contributed by atoms with Gasteiger partial charge in [0.2, 0.25) is 0 Å². The summed E-state index contributed by atoms with van der Waals surface area (Å²) < 4.78 is 28.1. The van der Waals surface area contributed by atoms with Gasteiger partial charge in [0.15, 0.2) is 12.6 Å². The molecule has 0 aromatic carbocycles. The molecule has 0 aromatic heterocycles. The summed E-state index contributed by atoms with van der Waals surface area (Å²) >= 11 is 0. The highest BCUT2D eigenvalue weighted by atomic mass is 16.8. The first-order valence-electron chi connectivity index (χ1n) is 23.8. The van der Waals surface area contributed by atoms with Gasteiger partial charge in [-0.15, -0.1) is 0 Å². The van der Waals surface area contributed by atoms with Crippen LogP contribution in [0.3, 0.4) is 0 Å². The number of ether oxygens (including phenoxy) is 5. The number of rotatable bonds is 34. The van der Waals surface area contributed by atoms with Crippen LogP contribution in [0.1, 0.15) is 195 Å². The Morgan fingerprint density at radius 1 is 0.458 bits per heavy atom. The molecule has 0 spiro atoms. The fourth-order valence-corrected chi connectivity index (χ4v) is 8.13. The molecule has 6 N–H and O–H groups in total. The summed E-state index contributed by atoms with van der Waals surface area (Å²) in [4.78, 5) is 25.8. The molecule has 0 aliphatic carbocycles. The number of esters is 2. The molecular formula is C46H86O13. The van der Waals surface area contributed by atoms with E-state index in [1.165, 1.54) is 96.3 Å². The van der Waals surface area contributed by atoms with E-state index in [1.807, 2.05) is 6.92 Å². The van der Waals surface area contributed by atoms with E-state index >= 15 is 0 Å². The van der Waals surface area contributed by atoms with E-state index in [2.05, 4.69) is 20.8 Å². The van der Waals surface area contributed by atoms with Crippen molar-refractivity contribution in [1.82, 2.24) is 0 Å². The van der Waals surface area contributed by atoms with Crippen molar-refractivity contribution in [3.63, 3.8) is 0 Å². The third-order valence-electron chi connectivity index (χ3n) is 12.1. The largest absolute Gasteiger partial charge is 0.463 e. The van der Waals surface area contributed by atoms with Gasteiger partial charge in [0.1, 0.15) is 62.0 Å². The average molecular weight is 847 g/mol. The molecule has 0 aromatic rings. The molecule has 59 heavy (non-hydrogen) atoms. The van der Waals surface area contributed by atoms with Crippen molar-refractivity contribution in [1.29, 1.82) is 0 Å². The molecule has 0 amide bonds. The number of hydrogen-bond acceptors (Lipinski definition) is 13. The Balaban J connectivity index is 1.89. The van der Waals surface area contributed by atoms with E-state index < -0.39 is 86.6 Å². The Kier molecular flexibility index (Phi) is 29.4. The molecule has 13 heteroatoms. The van der Waals surface area contributed by atoms with Crippen LogP contribution in [0.4, 0.5) is 0 Å². The molecule has 0 saturated carbocycles. The molecular weight excluding hydrogens is 760 g/mol.